The number of nitrogens with zero attached hydrogens (tertiary/aromatic N) is 1. The van der Waals surface area contributed by atoms with Gasteiger partial charge < -0.3 is 14.8 Å². The van der Waals surface area contributed by atoms with Crippen molar-refractivity contribution < 1.29 is 27.5 Å². The minimum Gasteiger partial charge on any atom is -0.495 e. The van der Waals surface area contributed by atoms with Crippen LogP contribution in [0.15, 0.2) is 41.3 Å². The summed E-state index contributed by atoms with van der Waals surface area (Å²) in [5, 5.41) is 3.11. The molecule has 0 aliphatic carbocycles. The molecule has 0 atom stereocenters. The van der Waals surface area contributed by atoms with Crippen LogP contribution in [-0.2, 0) is 19.6 Å². The monoisotopic (exact) mass is 460 g/mol. The van der Waals surface area contributed by atoms with E-state index in [-0.39, 0.29) is 26.9 Å². The minimum absolute atomic E-state index is 0.0557. The molecule has 8 nitrogen and oxygen atoms in total. The number of carbonyl (C=O) groups is 2. The predicted molar refractivity (Wildman–Crippen MR) is 109 cm³/mol. The first kappa shape index (κ1) is 23.0. The van der Waals surface area contributed by atoms with Gasteiger partial charge in [-0.2, -0.15) is 0 Å². The number of anilines is 1. The predicted octanol–water partition coefficient (Wildman–Crippen LogP) is 3.05. The van der Waals surface area contributed by atoms with Gasteiger partial charge in [0.15, 0.2) is 6.61 Å². The summed E-state index contributed by atoms with van der Waals surface area (Å²) >= 11 is 11.8. The first-order valence-electron chi connectivity index (χ1n) is 8.09. The summed E-state index contributed by atoms with van der Waals surface area (Å²) in [7, 11) is 0.155. The normalized spacial score (nSPS) is 11.2. The number of ether oxygens (including phenoxy) is 2. The second-order valence-corrected chi connectivity index (χ2v) is 8.87. The van der Waals surface area contributed by atoms with Gasteiger partial charge >= 0.3 is 5.97 Å². The third-order valence-electron chi connectivity index (χ3n) is 3.69. The molecule has 0 spiro atoms. The van der Waals surface area contributed by atoms with Gasteiger partial charge in [-0.05, 0) is 36.4 Å². The molecule has 1 amide bonds. The molecule has 0 aromatic heterocycles. The Morgan fingerprint density at radius 2 is 1.79 bits per heavy atom. The van der Waals surface area contributed by atoms with Crippen LogP contribution in [0.4, 0.5) is 5.69 Å². The van der Waals surface area contributed by atoms with Crippen molar-refractivity contribution in [3.05, 3.63) is 52.0 Å². The number of esters is 1. The number of halogens is 2. The van der Waals surface area contributed by atoms with E-state index in [4.69, 9.17) is 32.7 Å². The van der Waals surface area contributed by atoms with Crippen molar-refractivity contribution in [2.24, 2.45) is 0 Å². The van der Waals surface area contributed by atoms with E-state index in [1.165, 1.54) is 45.5 Å². The molecule has 156 valence electrons. The van der Waals surface area contributed by atoms with Crippen LogP contribution in [0.1, 0.15) is 10.4 Å². The molecule has 0 heterocycles. The largest absolute Gasteiger partial charge is 0.495 e. The van der Waals surface area contributed by atoms with E-state index in [9.17, 15) is 18.0 Å². The van der Waals surface area contributed by atoms with Crippen molar-refractivity contribution in [1.29, 1.82) is 0 Å². The number of rotatable bonds is 7. The van der Waals surface area contributed by atoms with Gasteiger partial charge in [-0.1, -0.05) is 23.2 Å². The van der Waals surface area contributed by atoms with Crippen LogP contribution >= 0.6 is 23.2 Å². The molecule has 1 N–H and O–H groups in total. The van der Waals surface area contributed by atoms with Gasteiger partial charge in [0.05, 0.1) is 23.4 Å². The van der Waals surface area contributed by atoms with E-state index < -0.39 is 28.5 Å². The van der Waals surface area contributed by atoms with Crippen LogP contribution in [-0.4, -0.2) is 52.4 Å². The Morgan fingerprint density at radius 3 is 2.41 bits per heavy atom. The Kier molecular flexibility index (Phi) is 7.48. The second kappa shape index (κ2) is 9.45. The number of hydrogen-bond acceptors (Lipinski definition) is 6. The smallest absolute Gasteiger partial charge is 0.338 e. The summed E-state index contributed by atoms with van der Waals surface area (Å²) < 4.78 is 35.8. The van der Waals surface area contributed by atoms with Crippen LogP contribution in [0.25, 0.3) is 0 Å². The zero-order valence-corrected chi connectivity index (χ0v) is 18.1. The summed E-state index contributed by atoms with van der Waals surface area (Å²) in [4.78, 5) is 24.1. The molecule has 2 aromatic rings. The fraction of sp³-hybridized carbons (Fsp3) is 0.222. The molecule has 2 rings (SSSR count). The molecule has 0 aliphatic rings. The van der Waals surface area contributed by atoms with Crippen LogP contribution in [0.5, 0.6) is 5.75 Å². The molecule has 0 saturated heterocycles. The van der Waals surface area contributed by atoms with Gasteiger partial charge in [-0.25, -0.2) is 17.5 Å². The van der Waals surface area contributed by atoms with Crippen LogP contribution < -0.4 is 10.1 Å². The van der Waals surface area contributed by atoms with E-state index in [1.54, 1.807) is 6.07 Å². The van der Waals surface area contributed by atoms with E-state index in [0.717, 1.165) is 10.4 Å². The molecular weight excluding hydrogens is 443 g/mol. The molecule has 2 aromatic carbocycles. The first-order chi connectivity index (χ1) is 13.6. The maximum Gasteiger partial charge on any atom is 0.338 e. The lowest BCUT2D eigenvalue weighted by Crippen LogP contribution is -2.24. The van der Waals surface area contributed by atoms with Gasteiger partial charge in [0.25, 0.3) is 5.91 Å². The van der Waals surface area contributed by atoms with E-state index in [2.05, 4.69) is 5.32 Å². The SMILES string of the molecule is COc1ccc(C(=O)OCC(=O)Nc2cc(Cl)ccc2Cl)cc1S(=O)(=O)N(C)C. The molecule has 0 fully saturated rings. The molecule has 0 bridgehead atoms. The van der Waals surface area contributed by atoms with Crippen molar-refractivity contribution in [3.8, 4) is 5.75 Å². The summed E-state index contributed by atoms with van der Waals surface area (Å²) in [5.74, 6) is -1.45. The molecule has 0 saturated carbocycles. The Balaban J connectivity index is 2.13. The zero-order valence-electron chi connectivity index (χ0n) is 15.7. The van der Waals surface area contributed by atoms with E-state index in [1.807, 2.05) is 0 Å². The van der Waals surface area contributed by atoms with Crippen LogP contribution in [0.2, 0.25) is 10.0 Å². The lowest BCUT2D eigenvalue weighted by Gasteiger charge is -2.15. The average molecular weight is 461 g/mol. The highest BCUT2D eigenvalue weighted by Crippen LogP contribution is 2.27. The molecule has 0 unspecified atom stereocenters. The molecule has 29 heavy (non-hydrogen) atoms. The van der Waals surface area contributed by atoms with Crippen molar-refractivity contribution in [2.75, 3.05) is 33.1 Å². The summed E-state index contributed by atoms with van der Waals surface area (Å²) in [5.41, 5.74) is 0.212. The maximum absolute atomic E-state index is 12.4. The van der Waals surface area contributed by atoms with Crippen molar-refractivity contribution in [1.82, 2.24) is 4.31 Å². The van der Waals surface area contributed by atoms with Crippen molar-refractivity contribution >= 4 is 50.8 Å². The van der Waals surface area contributed by atoms with Crippen LogP contribution in [0, 0.1) is 0 Å². The highest BCUT2D eigenvalue weighted by molar-refractivity contribution is 7.89. The summed E-state index contributed by atoms with van der Waals surface area (Å²) in [6, 6.07) is 8.31. The Hall–Kier alpha value is -2.33. The average Bonchev–Trinajstić information content (AvgIpc) is 2.68. The fourth-order valence-corrected chi connectivity index (χ4v) is 3.61. The standard InChI is InChI=1S/C18H18Cl2N2O6S/c1-22(2)29(25,26)16-8-11(4-7-15(16)27-3)18(24)28-10-17(23)21-14-9-12(19)5-6-13(14)20/h4-9H,10H2,1-3H3,(H,21,23). The van der Waals surface area contributed by atoms with Gasteiger partial charge in [-0.3, -0.25) is 4.79 Å². The third kappa shape index (κ3) is 5.60. The Bertz CT molecular complexity index is 1040. The quantitative estimate of drug-likeness (QED) is 0.636. The number of hydrogen-bond donors (Lipinski definition) is 1. The minimum atomic E-state index is -3.86. The number of sulfonamides is 1. The Labute approximate surface area is 178 Å². The summed E-state index contributed by atoms with van der Waals surface area (Å²) in [6.45, 7) is -0.608. The molecule has 11 heteroatoms. The van der Waals surface area contributed by atoms with Gasteiger partial charge in [0.1, 0.15) is 10.6 Å². The number of amides is 1. The zero-order chi connectivity index (χ0) is 21.8. The fourth-order valence-electron chi connectivity index (χ4n) is 2.20. The van der Waals surface area contributed by atoms with Gasteiger partial charge in [0.2, 0.25) is 10.0 Å². The number of nitrogens with one attached hydrogen (secondary N) is 1. The first-order valence-corrected chi connectivity index (χ1v) is 10.3. The maximum atomic E-state index is 12.4. The van der Waals surface area contributed by atoms with Crippen LogP contribution in [0.3, 0.4) is 0 Å². The lowest BCUT2D eigenvalue weighted by atomic mass is 10.2. The highest BCUT2D eigenvalue weighted by atomic mass is 35.5. The number of benzene rings is 2. The molecular formula is C18H18Cl2N2O6S. The topological polar surface area (TPSA) is 102 Å². The highest BCUT2D eigenvalue weighted by Gasteiger charge is 2.24. The van der Waals surface area contributed by atoms with E-state index in [0.29, 0.717) is 5.02 Å². The Morgan fingerprint density at radius 1 is 1.10 bits per heavy atom. The third-order valence-corrected chi connectivity index (χ3v) is 6.10. The van der Waals surface area contributed by atoms with Gasteiger partial charge in [0, 0.05) is 19.1 Å². The summed E-state index contributed by atoms with van der Waals surface area (Å²) in [6.07, 6.45) is 0. The number of carbonyl (C=O) groups excluding carboxylic acids is 2. The van der Waals surface area contributed by atoms with Crippen molar-refractivity contribution in [3.63, 3.8) is 0 Å². The van der Waals surface area contributed by atoms with E-state index >= 15 is 0 Å². The molecule has 0 aliphatic heterocycles. The number of methoxy groups -OCH3 is 1. The molecule has 0 radical (unpaired) electrons. The van der Waals surface area contributed by atoms with Gasteiger partial charge in [-0.15, -0.1) is 0 Å². The second-order valence-electron chi connectivity index (χ2n) is 5.90. The lowest BCUT2D eigenvalue weighted by molar-refractivity contribution is -0.119. The van der Waals surface area contributed by atoms with Crippen molar-refractivity contribution in [2.45, 2.75) is 4.90 Å².